The highest BCUT2D eigenvalue weighted by molar-refractivity contribution is 5.76. The molecule has 0 aliphatic rings. The fraction of sp³-hybridized carbons (Fsp3) is 0.286. The summed E-state index contributed by atoms with van der Waals surface area (Å²) in [5.41, 5.74) is 0.717. The Hall–Kier alpha value is -2.30. The van der Waals surface area contributed by atoms with E-state index in [-0.39, 0.29) is 12.1 Å². The predicted octanol–water partition coefficient (Wildman–Crippen LogP) is 2.60. The molecule has 19 heavy (non-hydrogen) atoms. The van der Waals surface area contributed by atoms with Gasteiger partial charge in [-0.2, -0.15) is 9.78 Å². The van der Waals surface area contributed by atoms with E-state index >= 15 is 0 Å². The molecule has 0 spiro atoms. The molecule has 0 aliphatic carbocycles. The minimum Gasteiger partial charge on any atom is -0.484 e. The highest BCUT2D eigenvalue weighted by Crippen LogP contribution is 2.20. The van der Waals surface area contributed by atoms with Crippen LogP contribution < -0.4 is 10.1 Å². The molecule has 0 saturated carbocycles. The quantitative estimate of drug-likeness (QED) is 0.918. The number of amides is 1. The second kappa shape index (κ2) is 6.04. The van der Waals surface area contributed by atoms with E-state index in [1.54, 1.807) is 12.3 Å². The number of hydrogen-bond acceptors (Lipinski definition) is 3. The zero-order valence-corrected chi connectivity index (χ0v) is 11.0. The van der Waals surface area contributed by atoms with E-state index in [1.807, 2.05) is 44.2 Å². The van der Waals surface area contributed by atoms with Gasteiger partial charge in [0, 0.05) is 12.7 Å². The maximum Gasteiger partial charge on any atom is 0.342 e. The Bertz CT molecular complexity index is 537. The molecule has 1 aromatic carbocycles. The molecule has 1 atom stereocenters. The van der Waals surface area contributed by atoms with E-state index in [9.17, 15) is 4.79 Å². The van der Waals surface area contributed by atoms with Crippen molar-refractivity contribution in [3.63, 3.8) is 0 Å². The van der Waals surface area contributed by atoms with Gasteiger partial charge in [0.05, 0.1) is 5.69 Å². The average molecular weight is 259 g/mol. The van der Waals surface area contributed by atoms with Crippen molar-refractivity contribution in [3.8, 4) is 5.75 Å². The number of carbonyl (C=O) groups excluding carboxylic acids is 1. The third-order valence-electron chi connectivity index (χ3n) is 2.66. The van der Waals surface area contributed by atoms with Gasteiger partial charge in [-0.1, -0.05) is 18.2 Å². The average Bonchev–Trinajstić information content (AvgIpc) is 2.89. The van der Waals surface area contributed by atoms with Crippen molar-refractivity contribution in [2.45, 2.75) is 20.0 Å². The molecule has 0 bridgehead atoms. The van der Waals surface area contributed by atoms with Gasteiger partial charge in [0.1, 0.15) is 11.9 Å². The lowest BCUT2D eigenvalue weighted by molar-refractivity contribution is 0.209. The van der Waals surface area contributed by atoms with Crippen LogP contribution in [-0.2, 0) is 0 Å². The third-order valence-corrected chi connectivity index (χ3v) is 2.66. The number of rotatable bonds is 4. The molecule has 1 heterocycles. The van der Waals surface area contributed by atoms with Crippen molar-refractivity contribution in [2.75, 3.05) is 6.54 Å². The zero-order valence-electron chi connectivity index (χ0n) is 11.0. The fourth-order valence-corrected chi connectivity index (χ4v) is 1.78. The van der Waals surface area contributed by atoms with Crippen LogP contribution in [0.3, 0.4) is 0 Å². The van der Waals surface area contributed by atoms with Crippen molar-refractivity contribution in [2.24, 2.45) is 0 Å². The molecule has 1 N–H and O–H groups in total. The van der Waals surface area contributed by atoms with Crippen molar-refractivity contribution in [3.05, 3.63) is 48.3 Å². The largest absolute Gasteiger partial charge is 0.484 e. The molecule has 0 unspecified atom stereocenters. The number of carbonyl (C=O) groups is 1. The van der Waals surface area contributed by atoms with Crippen LogP contribution >= 0.6 is 0 Å². The van der Waals surface area contributed by atoms with Crippen molar-refractivity contribution in [1.82, 2.24) is 15.1 Å². The first-order chi connectivity index (χ1) is 9.22. The standard InChI is InChI=1S/C14H17N3O2/c1-3-15-14(18)17-13(9-10-16-17)11(2)19-12-7-5-4-6-8-12/h4-11H,3H2,1-2H3,(H,15,18)/t11-/m1/s1. The lowest BCUT2D eigenvalue weighted by atomic mass is 10.2. The van der Waals surface area contributed by atoms with Crippen LogP contribution in [-0.4, -0.2) is 22.4 Å². The van der Waals surface area contributed by atoms with Crippen LogP contribution in [0.15, 0.2) is 42.6 Å². The van der Waals surface area contributed by atoms with Gasteiger partial charge in [-0.3, -0.25) is 0 Å². The Labute approximate surface area is 112 Å². The summed E-state index contributed by atoms with van der Waals surface area (Å²) in [6.45, 7) is 4.32. The summed E-state index contributed by atoms with van der Waals surface area (Å²) in [7, 11) is 0. The van der Waals surface area contributed by atoms with Gasteiger partial charge in [0.15, 0.2) is 0 Å². The van der Waals surface area contributed by atoms with Gasteiger partial charge < -0.3 is 10.1 Å². The topological polar surface area (TPSA) is 56.2 Å². The fourth-order valence-electron chi connectivity index (χ4n) is 1.78. The highest BCUT2D eigenvalue weighted by atomic mass is 16.5. The number of ether oxygens (including phenoxy) is 1. The van der Waals surface area contributed by atoms with Gasteiger partial charge in [-0.25, -0.2) is 4.79 Å². The smallest absolute Gasteiger partial charge is 0.342 e. The second-order valence-electron chi connectivity index (χ2n) is 4.08. The number of nitrogens with one attached hydrogen (secondary N) is 1. The van der Waals surface area contributed by atoms with E-state index in [2.05, 4.69) is 10.4 Å². The molecule has 0 aliphatic heterocycles. The van der Waals surface area contributed by atoms with Crippen LogP contribution in [0.2, 0.25) is 0 Å². The normalized spacial score (nSPS) is 11.9. The number of nitrogens with zero attached hydrogens (tertiary/aromatic N) is 2. The first-order valence-corrected chi connectivity index (χ1v) is 6.26. The molecule has 0 saturated heterocycles. The van der Waals surface area contributed by atoms with E-state index in [4.69, 9.17) is 4.74 Å². The van der Waals surface area contributed by atoms with E-state index in [0.717, 1.165) is 11.4 Å². The molecule has 1 aromatic heterocycles. The van der Waals surface area contributed by atoms with Gasteiger partial charge in [0.2, 0.25) is 0 Å². The molecule has 0 radical (unpaired) electrons. The summed E-state index contributed by atoms with van der Waals surface area (Å²) in [4.78, 5) is 11.8. The summed E-state index contributed by atoms with van der Waals surface area (Å²) in [5.74, 6) is 0.763. The molecule has 1 amide bonds. The van der Waals surface area contributed by atoms with Gasteiger partial charge in [-0.05, 0) is 32.0 Å². The lowest BCUT2D eigenvalue weighted by Gasteiger charge is -2.15. The summed E-state index contributed by atoms with van der Waals surface area (Å²) < 4.78 is 7.12. The van der Waals surface area contributed by atoms with E-state index in [1.165, 1.54) is 4.68 Å². The Balaban J connectivity index is 2.13. The Morgan fingerprint density at radius 2 is 2.11 bits per heavy atom. The van der Waals surface area contributed by atoms with Gasteiger partial charge in [0.25, 0.3) is 0 Å². The monoisotopic (exact) mass is 259 g/mol. The van der Waals surface area contributed by atoms with Gasteiger partial charge in [-0.15, -0.1) is 0 Å². The minimum atomic E-state index is -0.257. The molecule has 2 aromatic rings. The Morgan fingerprint density at radius 1 is 1.37 bits per heavy atom. The first-order valence-electron chi connectivity index (χ1n) is 6.26. The summed E-state index contributed by atoms with van der Waals surface area (Å²) in [5, 5.41) is 6.74. The maximum absolute atomic E-state index is 11.8. The Morgan fingerprint density at radius 3 is 2.79 bits per heavy atom. The van der Waals surface area contributed by atoms with E-state index < -0.39 is 0 Å². The molecule has 5 heteroatoms. The van der Waals surface area contributed by atoms with Crippen LogP contribution in [0, 0.1) is 0 Å². The summed E-state index contributed by atoms with van der Waals surface area (Å²) in [6.07, 6.45) is 1.34. The van der Waals surface area contributed by atoms with Crippen molar-refractivity contribution >= 4 is 6.03 Å². The summed E-state index contributed by atoms with van der Waals surface area (Å²) >= 11 is 0. The van der Waals surface area contributed by atoms with Crippen LogP contribution in [0.5, 0.6) is 5.75 Å². The number of benzene rings is 1. The van der Waals surface area contributed by atoms with Crippen LogP contribution in [0.25, 0.3) is 0 Å². The van der Waals surface area contributed by atoms with Gasteiger partial charge >= 0.3 is 6.03 Å². The first kappa shape index (κ1) is 13.1. The third kappa shape index (κ3) is 3.13. The van der Waals surface area contributed by atoms with Crippen molar-refractivity contribution < 1.29 is 9.53 Å². The molecule has 100 valence electrons. The zero-order chi connectivity index (χ0) is 13.7. The molecule has 2 rings (SSSR count). The van der Waals surface area contributed by atoms with Crippen molar-refractivity contribution in [1.29, 1.82) is 0 Å². The SMILES string of the molecule is CCNC(=O)n1nccc1[C@@H](C)Oc1ccccc1. The number of aromatic nitrogens is 2. The maximum atomic E-state index is 11.8. The number of hydrogen-bond donors (Lipinski definition) is 1. The Kier molecular flexibility index (Phi) is 4.18. The minimum absolute atomic E-state index is 0.244. The van der Waals surface area contributed by atoms with Crippen LogP contribution in [0.4, 0.5) is 4.79 Å². The molecular formula is C14H17N3O2. The lowest BCUT2D eigenvalue weighted by Crippen LogP contribution is -2.31. The highest BCUT2D eigenvalue weighted by Gasteiger charge is 2.16. The van der Waals surface area contributed by atoms with E-state index in [0.29, 0.717) is 6.54 Å². The second-order valence-corrected chi connectivity index (χ2v) is 4.08. The summed E-state index contributed by atoms with van der Waals surface area (Å²) in [6, 6.07) is 11.0. The number of para-hydroxylation sites is 1. The molecule has 0 fully saturated rings. The van der Waals surface area contributed by atoms with Crippen LogP contribution in [0.1, 0.15) is 25.6 Å². The molecule has 5 nitrogen and oxygen atoms in total. The molecular weight excluding hydrogens is 242 g/mol. The predicted molar refractivity (Wildman–Crippen MR) is 72.2 cm³/mol.